The van der Waals surface area contributed by atoms with Gasteiger partial charge < -0.3 is 19.7 Å². The second kappa shape index (κ2) is 14.5. The molecule has 39 heavy (non-hydrogen) atoms. The maximum atomic E-state index is 14.7. The highest BCUT2D eigenvalue weighted by Crippen LogP contribution is 2.31. The molecular weight excluding hydrogens is 505 g/mol. The van der Waals surface area contributed by atoms with E-state index in [1.54, 1.807) is 18.2 Å². The predicted octanol–water partition coefficient (Wildman–Crippen LogP) is 4.68. The Morgan fingerprint density at radius 2 is 1.79 bits per heavy atom. The number of carbonyl (C=O) groups is 2. The first-order chi connectivity index (χ1) is 18.8. The summed E-state index contributed by atoms with van der Waals surface area (Å²) in [5, 5.41) is 14.1. The van der Waals surface area contributed by atoms with Gasteiger partial charge >= 0.3 is 5.69 Å². The molecule has 9 nitrogen and oxygen atoms in total. The van der Waals surface area contributed by atoms with Gasteiger partial charge in [-0.25, -0.2) is 4.39 Å². The number of halogens is 1. The van der Waals surface area contributed by atoms with Gasteiger partial charge in [-0.2, -0.15) is 0 Å². The van der Waals surface area contributed by atoms with Crippen LogP contribution in [0.1, 0.15) is 30.9 Å². The molecule has 0 aliphatic rings. The Bertz CT molecular complexity index is 1270. The van der Waals surface area contributed by atoms with Crippen LogP contribution in [0.25, 0.3) is 0 Å². The first kappa shape index (κ1) is 29.1. The topological polar surface area (TPSA) is 111 Å². The normalized spacial score (nSPS) is 11.4. The van der Waals surface area contributed by atoms with Crippen molar-refractivity contribution in [2.45, 2.75) is 38.8 Å². The summed E-state index contributed by atoms with van der Waals surface area (Å²) in [6.45, 7) is 1.81. The van der Waals surface area contributed by atoms with E-state index in [2.05, 4.69) is 5.32 Å². The van der Waals surface area contributed by atoms with Crippen LogP contribution in [-0.2, 0) is 22.6 Å². The van der Waals surface area contributed by atoms with E-state index in [0.717, 1.165) is 18.4 Å². The molecule has 0 radical (unpaired) electrons. The van der Waals surface area contributed by atoms with E-state index in [1.165, 1.54) is 36.3 Å². The van der Waals surface area contributed by atoms with E-state index in [4.69, 9.17) is 9.47 Å². The Labute approximate surface area is 226 Å². The van der Waals surface area contributed by atoms with Crippen molar-refractivity contribution in [1.29, 1.82) is 0 Å². The highest BCUT2D eigenvalue weighted by atomic mass is 19.1. The van der Waals surface area contributed by atoms with E-state index >= 15 is 0 Å². The molecule has 3 rings (SSSR count). The Balaban J connectivity index is 1.91. The van der Waals surface area contributed by atoms with Crippen LogP contribution in [0.3, 0.4) is 0 Å². The van der Waals surface area contributed by atoms with Gasteiger partial charge in [0.2, 0.25) is 11.7 Å². The monoisotopic (exact) mass is 537 g/mol. The molecule has 0 bridgehead atoms. The van der Waals surface area contributed by atoms with E-state index in [-0.39, 0.29) is 41.6 Å². The van der Waals surface area contributed by atoms with Gasteiger partial charge in [0, 0.05) is 37.2 Å². The summed E-state index contributed by atoms with van der Waals surface area (Å²) < 4.78 is 25.4. The number of amides is 2. The Kier molecular flexibility index (Phi) is 10.8. The van der Waals surface area contributed by atoms with E-state index in [1.807, 2.05) is 37.3 Å². The number of hydrogen-bond acceptors (Lipinski definition) is 6. The number of benzene rings is 3. The molecule has 0 saturated heterocycles. The standard InChI is InChI=1S/C29H32FN3O6/c1-3-4-16-31-29(35)26(17-21-10-6-5-7-11-21)32(19-22-12-8-9-13-24(22)30)28(34)20-39-23-14-15-25(33(36)37)27(18-23)38-2/h5-15,18,26H,3-4,16-17,19-20H2,1-2H3,(H,31,35)/t26-/m0/s1. The zero-order valence-electron chi connectivity index (χ0n) is 22.0. The quantitative estimate of drug-likeness (QED) is 0.182. The molecule has 0 saturated carbocycles. The van der Waals surface area contributed by atoms with Crippen molar-refractivity contribution in [3.05, 3.63) is 99.9 Å². The van der Waals surface area contributed by atoms with Crippen molar-refractivity contribution < 1.29 is 28.4 Å². The smallest absolute Gasteiger partial charge is 0.311 e. The third-order valence-electron chi connectivity index (χ3n) is 6.11. The van der Waals surface area contributed by atoms with Gasteiger partial charge in [0.05, 0.1) is 12.0 Å². The maximum Gasteiger partial charge on any atom is 0.311 e. The molecule has 0 heterocycles. The summed E-state index contributed by atoms with van der Waals surface area (Å²) in [6, 6.07) is 18.3. The summed E-state index contributed by atoms with van der Waals surface area (Å²) in [4.78, 5) is 38.9. The average molecular weight is 538 g/mol. The van der Waals surface area contributed by atoms with Gasteiger partial charge in [-0.05, 0) is 24.1 Å². The zero-order chi connectivity index (χ0) is 28.2. The molecule has 1 N–H and O–H groups in total. The van der Waals surface area contributed by atoms with Crippen LogP contribution in [0.15, 0.2) is 72.8 Å². The van der Waals surface area contributed by atoms with Crippen LogP contribution in [0.5, 0.6) is 11.5 Å². The van der Waals surface area contributed by atoms with Crippen LogP contribution in [0, 0.1) is 15.9 Å². The van der Waals surface area contributed by atoms with Crippen LogP contribution >= 0.6 is 0 Å². The van der Waals surface area contributed by atoms with Gasteiger partial charge in [-0.1, -0.05) is 61.9 Å². The summed E-state index contributed by atoms with van der Waals surface area (Å²) >= 11 is 0. The number of nitro groups is 1. The number of nitro benzene ring substituents is 1. The lowest BCUT2D eigenvalue weighted by Gasteiger charge is -2.31. The highest BCUT2D eigenvalue weighted by molar-refractivity contribution is 5.88. The highest BCUT2D eigenvalue weighted by Gasteiger charge is 2.31. The van der Waals surface area contributed by atoms with Crippen LogP contribution in [0.4, 0.5) is 10.1 Å². The third-order valence-corrected chi connectivity index (χ3v) is 6.11. The van der Waals surface area contributed by atoms with E-state index in [9.17, 15) is 24.1 Å². The first-order valence-corrected chi connectivity index (χ1v) is 12.6. The number of rotatable bonds is 14. The minimum atomic E-state index is -0.939. The number of methoxy groups -OCH3 is 1. The average Bonchev–Trinajstić information content (AvgIpc) is 2.94. The van der Waals surface area contributed by atoms with Gasteiger partial charge in [0.15, 0.2) is 6.61 Å². The van der Waals surface area contributed by atoms with Gasteiger partial charge in [0.25, 0.3) is 5.91 Å². The lowest BCUT2D eigenvalue weighted by atomic mass is 10.0. The van der Waals surface area contributed by atoms with Crippen LogP contribution in [-0.4, -0.2) is 47.9 Å². The van der Waals surface area contributed by atoms with E-state index < -0.39 is 29.3 Å². The van der Waals surface area contributed by atoms with Gasteiger partial charge in [-0.15, -0.1) is 0 Å². The Hall–Kier alpha value is -4.47. The number of nitrogens with one attached hydrogen (secondary N) is 1. The second-order valence-corrected chi connectivity index (χ2v) is 8.84. The fourth-order valence-corrected chi connectivity index (χ4v) is 4.00. The predicted molar refractivity (Wildman–Crippen MR) is 144 cm³/mol. The number of ether oxygens (including phenoxy) is 2. The number of hydrogen-bond donors (Lipinski definition) is 1. The van der Waals surface area contributed by atoms with Crippen molar-refractivity contribution in [2.24, 2.45) is 0 Å². The number of nitrogens with zero attached hydrogens (tertiary/aromatic N) is 2. The third kappa shape index (κ3) is 8.26. The lowest BCUT2D eigenvalue weighted by Crippen LogP contribution is -2.52. The minimum absolute atomic E-state index is 0.0228. The molecule has 0 fully saturated rings. The second-order valence-electron chi connectivity index (χ2n) is 8.84. The zero-order valence-corrected chi connectivity index (χ0v) is 22.0. The summed E-state index contributed by atoms with van der Waals surface area (Å²) in [5.41, 5.74) is 0.840. The fraction of sp³-hybridized carbons (Fsp3) is 0.310. The molecule has 0 aliphatic carbocycles. The van der Waals surface area contributed by atoms with Crippen molar-refractivity contribution >= 4 is 17.5 Å². The van der Waals surface area contributed by atoms with Crippen molar-refractivity contribution in [3.63, 3.8) is 0 Å². The molecule has 0 aromatic heterocycles. The minimum Gasteiger partial charge on any atom is -0.490 e. The summed E-state index contributed by atoms with van der Waals surface area (Å²) in [5.74, 6) is -1.26. The van der Waals surface area contributed by atoms with Crippen LogP contribution < -0.4 is 14.8 Å². The molecule has 2 amide bonds. The number of carbonyl (C=O) groups excluding carboxylic acids is 2. The largest absolute Gasteiger partial charge is 0.490 e. The molecule has 3 aromatic rings. The summed E-state index contributed by atoms with van der Waals surface area (Å²) in [7, 11) is 1.29. The molecule has 1 atom stereocenters. The summed E-state index contributed by atoms with van der Waals surface area (Å²) in [6.07, 6.45) is 1.87. The molecule has 206 valence electrons. The Morgan fingerprint density at radius 3 is 2.46 bits per heavy atom. The lowest BCUT2D eigenvalue weighted by molar-refractivity contribution is -0.385. The molecule has 3 aromatic carbocycles. The SMILES string of the molecule is CCCCNC(=O)[C@H](Cc1ccccc1)N(Cc1ccccc1F)C(=O)COc1ccc([N+](=O)[O-])c(OC)c1. The molecule has 10 heteroatoms. The Morgan fingerprint density at radius 1 is 1.08 bits per heavy atom. The van der Waals surface area contributed by atoms with Crippen molar-refractivity contribution in [2.75, 3.05) is 20.3 Å². The molecule has 0 unspecified atom stereocenters. The van der Waals surface area contributed by atoms with E-state index in [0.29, 0.717) is 6.54 Å². The molecular formula is C29H32FN3O6. The number of unbranched alkanes of at least 4 members (excludes halogenated alkanes) is 1. The first-order valence-electron chi connectivity index (χ1n) is 12.6. The van der Waals surface area contributed by atoms with Crippen molar-refractivity contribution in [1.82, 2.24) is 10.2 Å². The molecule has 0 aliphatic heterocycles. The van der Waals surface area contributed by atoms with Crippen LogP contribution in [0.2, 0.25) is 0 Å². The van der Waals surface area contributed by atoms with Gasteiger partial charge in [0.1, 0.15) is 17.6 Å². The fourth-order valence-electron chi connectivity index (χ4n) is 4.00. The maximum absolute atomic E-state index is 14.7. The van der Waals surface area contributed by atoms with Gasteiger partial charge in [-0.3, -0.25) is 19.7 Å². The molecule has 0 spiro atoms. The van der Waals surface area contributed by atoms with Crippen molar-refractivity contribution in [3.8, 4) is 11.5 Å².